The van der Waals surface area contributed by atoms with E-state index in [2.05, 4.69) is 19.9 Å². The number of nitrogens with one attached hydrogen (secondary N) is 1. The maximum atomic E-state index is 12.4. The molecule has 0 atom stereocenters. The molecule has 1 aromatic carbocycles. The van der Waals surface area contributed by atoms with Crippen molar-refractivity contribution in [2.45, 2.75) is 13.5 Å². The van der Waals surface area contributed by atoms with Crippen LogP contribution in [-0.2, 0) is 6.54 Å². The third-order valence-corrected chi connectivity index (χ3v) is 6.25. The number of carbonyl (C=O) groups excluding carboxylic acids is 1. The fourth-order valence-electron chi connectivity index (χ4n) is 2.58. The Morgan fingerprint density at radius 2 is 2.04 bits per heavy atom. The van der Waals surface area contributed by atoms with Gasteiger partial charge in [0, 0.05) is 30.0 Å². The molecule has 0 saturated carbocycles. The summed E-state index contributed by atoms with van der Waals surface area (Å²) in [6, 6.07) is 11.5. The van der Waals surface area contributed by atoms with E-state index in [1.165, 1.54) is 22.7 Å². The summed E-state index contributed by atoms with van der Waals surface area (Å²) in [5, 5.41) is 5.44. The normalized spacial score (nSPS) is 10.9. The molecule has 0 unspecified atom stereocenters. The second-order valence-electron chi connectivity index (χ2n) is 5.90. The SMILES string of the molecule is Cc1nccn1Cc1ccc(NC(=O)c2csc(-c3ccc(Cl)s3)n2)cc1. The molecule has 1 N–H and O–H groups in total. The molecule has 0 fully saturated rings. The van der Waals surface area contributed by atoms with E-state index in [0.29, 0.717) is 10.0 Å². The van der Waals surface area contributed by atoms with Crippen molar-refractivity contribution in [3.8, 4) is 9.88 Å². The number of imidazole rings is 1. The molecule has 3 heterocycles. The van der Waals surface area contributed by atoms with Crippen molar-refractivity contribution < 1.29 is 4.79 Å². The summed E-state index contributed by atoms with van der Waals surface area (Å²) in [7, 11) is 0. The Kier molecular flexibility index (Phi) is 5.07. The molecule has 5 nitrogen and oxygen atoms in total. The number of anilines is 1. The van der Waals surface area contributed by atoms with E-state index < -0.39 is 0 Å². The lowest BCUT2D eigenvalue weighted by atomic mass is 10.2. The first-order valence-corrected chi connectivity index (χ1v) is 10.2. The molecule has 0 aliphatic heterocycles. The van der Waals surface area contributed by atoms with Crippen molar-refractivity contribution >= 4 is 45.9 Å². The monoisotopic (exact) mass is 414 g/mol. The molecule has 0 bridgehead atoms. The first-order chi connectivity index (χ1) is 13.1. The van der Waals surface area contributed by atoms with Gasteiger partial charge in [-0.2, -0.15) is 0 Å². The molecule has 0 aliphatic rings. The number of aromatic nitrogens is 3. The molecule has 3 aromatic heterocycles. The van der Waals surface area contributed by atoms with Crippen molar-refractivity contribution in [3.63, 3.8) is 0 Å². The van der Waals surface area contributed by atoms with Crippen LogP contribution in [0.4, 0.5) is 5.69 Å². The highest BCUT2D eigenvalue weighted by molar-refractivity contribution is 7.23. The predicted molar refractivity (Wildman–Crippen MR) is 111 cm³/mol. The zero-order valence-electron chi connectivity index (χ0n) is 14.3. The maximum absolute atomic E-state index is 12.4. The molecule has 136 valence electrons. The molecule has 27 heavy (non-hydrogen) atoms. The van der Waals surface area contributed by atoms with E-state index in [4.69, 9.17) is 11.6 Å². The van der Waals surface area contributed by atoms with Gasteiger partial charge in [-0.3, -0.25) is 4.79 Å². The summed E-state index contributed by atoms with van der Waals surface area (Å²) in [6.45, 7) is 2.72. The van der Waals surface area contributed by atoms with Crippen molar-refractivity contribution in [2.24, 2.45) is 0 Å². The van der Waals surface area contributed by atoms with Crippen LogP contribution < -0.4 is 5.32 Å². The molecule has 0 radical (unpaired) electrons. The van der Waals surface area contributed by atoms with Crippen molar-refractivity contribution in [1.29, 1.82) is 0 Å². The van der Waals surface area contributed by atoms with Gasteiger partial charge >= 0.3 is 0 Å². The van der Waals surface area contributed by atoms with Gasteiger partial charge in [-0.15, -0.1) is 22.7 Å². The quantitative estimate of drug-likeness (QED) is 0.480. The average molecular weight is 415 g/mol. The third-order valence-electron chi connectivity index (χ3n) is 4.01. The lowest BCUT2D eigenvalue weighted by Gasteiger charge is -2.07. The van der Waals surface area contributed by atoms with E-state index in [1.807, 2.05) is 49.5 Å². The Morgan fingerprint density at radius 3 is 2.70 bits per heavy atom. The lowest BCUT2D eigenvalue weighted by molar-refractivity contribution is 0.102. The molecule has 0 spiro atoms. The predicted octanol–water partition coefficient (Wildman–Crippen LogP) is 5.33. The average Bonchev–Trinajstić information content (AvgIpc) is 3.38. The Morgan fingerprint density at radius 1 is 1.22 bits per heavy atom. The van der Waals surface area contributed by atoms with Crippen LogP contribution >= 0.6 is 34.3 Å². The van der Waals surface area contributed by atoms with E-state index in [0.717, 1.165) is 33.5 Å². The molecule has 1 amide bonds. The van der Waals surface area contributed by atoms with Crippen LogP contribution in [0.3, 0.4) is 0 Å². The molecular weight excluding hydrogens is 400 g/mol. The number of hydrogen-bond donors (Lipinski definition) is 1. The second-order valence-corrected chi connectivity index (χ2v) is 8.47. The standard InChI is InChI=1S/C19H15ClN4OS2/c1-12-21-8-9-24(12)10-13-2-4-14(5-3-13)22-18(25)15-11-26-19(23-15)16-6-7-17(20)27-16/h2-9,11H,10H2,1H3,(H,22,25). The summed E-state index contributed by atoms with van der Waals surface area (Å²) in [5.41, 5.74) is 2.28. The number of thiophene rings is 1. The van der Waals surface area contributed by atoms with Crippen LogP contribution in [-0.4, -0.2) is 20.4 Å². The minimum Gasteiger partial charge on any atom is -0.331 e. The smallest absolute Gasteiger partial charge is 0.275 e. The van der Waals surface area contributed by atoms with Crippen LogP contribution in [0.2, 0.25) is 4.34 Å². The first kappa shape index (κ1) is 17.9. The summed E-state index contributed by atoms with van der Waals surface area (Å²) in [4.78, 5) is 22.0. The van der Waals surface area contributed by atoms with Gasteiger partial charge in [0.1, 0.15) is 16.5 Å². The van der Waals surface area contributed by atoms with Gasteiger partial charge in [0.2, 0.25) is 0 Å². The second kappa shape index (κ2) is 7.64. The lowest BCUT2D eigenvalue weighted by Crippen LogP contribution is -2.12. The van der Waals surface area contributed by atoms with E-state index >= 15 is 0 Å². The van der Waals surface area contributed by atoms with E-state index in [9.17, 15) is 4.79 Å². The first-order valence-electron chi connectivity index (χ1n) is 8.18. The zero-order valence-corrected chi connectivity index (χ0v) is 16.7. The van der Waals surface area contributed by atoms with E-state index in [-0.39, 0.29) is 5.91 Å². The summed E-state index contributed by atoms with van der Waals surface area (Å²) in [5.74, 6) is 0.747. The minimum absolute atomic E-state index is 0.224. The van der Waals surface area contributed by atoms with Crippen LogP contribution in [0.1, 0.15) is 21.9 Å². The number of benzene rings is 1. The van der Waals surface area contributed by atoms with Crippen molar-refractivity contribution in [1.82, 2.24) is 14.5 Å². The number of aryl methyl sites for hydroxylation is 1. The zero-order chi connectivity index (χ0) is 18.8. The van der Waals surface area contributed by atoms with Gasteiger partial charge in [-0.05, 0) is 36.8 Å². The summed E-state index contributed by atoms with van der Waals surface area (Å²) in [6.07, 6.45) is 3.74. The number of halogens is 1. The maximum Gasteiger partial charge on any atom is 0.275 e. The topological polar surface area (TPSA) is 59.8 Å². The van der Waals surface area contributed by atoms with Crippen LogP contribution in [0.5, 0.6) is 0 Å². The number of nitrogens with zero attached hydrogens (tertiary/aromatic N) is 3. The van der Waals surface area contributed by atoms with Crippen LogP contribution in [0.25, 0.3) is 9.88 Å². The van der Waals surface area contributed by atoms with Gasteiger partial charge in [-0.25, -0.2) is 9.97 Å². The largest absolute Gasteiger partial charge is 0.331 e. The minimum atomic E-state index is -0.224. The highest BCUT2D eigenvalue weighted by Gasteiger charge is 2.13. The molecule has 0 aliphatic carbocycles. The Labute approximate surface area is 169 Å². The Balaban J connectivity index is 1.42. The highest BCUT2D eigenvalue weighted by atomic mass is 35.5. The van der Waals surface area contributed by atoms with Gasteiger partial charge in [0.05, 0.1) is 9.21 Å². The molecule has 4 rings (SSSR count). The molecule has 0 saturated heterocycles. The Hall–Kier alpha value is -2.48. The Bertz CT molecular complexity index is 1080. The summed E-state index contributed by atoms with van der Waals surface area (Å²) >= 11 is 8.84. The number of rotatable bonds is 5. The fraction of sp³-hybridized carbons (Fsp3) is 0.105. The van der Waals surface area contributed by atoms with Crippen molar-refractivity contribution in [3.05, 3.63) is 75.6 Å². The van der Waals surface area contributed by atoms with Gasteiger partial charge in [-0.1, -0.05) is 23.7 Å². The fourth-order valence-corrected chi connectivity index (χ4v) is 4.49. The van der Waals surface area contributed by atoms with E-state index in [1.54, 1.807) is 11.6 Å². The van der Waals surface area contributed by atoms with Crippen molar-refractivity contribution in [2.75, 3.05) is 5.32 Å². The van der Waals surface area contributed by atoms with Crippen LogP contribution in [0, 0.1) is 6.92 Å². The number of hydrogen-bond acceptors (Lipinski definition) is 5. The highest BCUT2D eigenvalue weighted by Crippen LogP contribution is 2.33. The van der Waals surface area contributed by atoms with Crippen LogP contribution in [0.15, 0.2) is 54.2 Å². The number of amides is 1. The molecular formula is C19H15ClN4OS2. The van der Waals surface area contributed by atoms with Gasteiger partial charge < -0.3 is 9.88 Å². The summed E-state index contributed by atoms with van der Waals surface area (Å²) < 4.78 is 2.78. The molecule has 8 heteroatoms. The number of thiazole rings is 1. The molecule has 4 aromatic rings. The van der Waals surface area contributed by atoms with Gasteiger partial charge in [0.15, 0.2) is 0 Å². The van der Waals surface area contributed by atoms with Gasteiger partial charge in [0.25, 0.3) is 5.91 Å². The number of carbonyl (C=O) groups is 1. The third kappa shape index (κ3) is 4.10.